The number of nitro benzene ring substituents is 1. The van der Waals surface area contributed by atoms with E-state index in [9.17, 15) is 24.1 Å². The Hall–Kier alpha value is -4.84. The molecule has 0 spiro atoms. The number of nitro groups is 1. The molecule has 0 fully saturated rings. The molecule has 2 amide bonds. The highest BCUT2D eigenvalue weighted by Gasteiger charge is 2.13. The third-order valence-corrected chi connectivity index (χ3v) is 6.10. The summed E-state index contributed by atoms with van der Waals surface area (Å²) in [7, 11) is 1.44. The van der Waals surface area contributed by atoms with E-state index >= 15 is 0 Å². The molecule has 188 valence electrons. The lowest BCUT2D eigenvalue weighted by atomic mass is 10.2. The molecular formula is C25H19FN4O6S. The molecule has 1 aromatic heterocycles. The second-order valence-corrected chi connectivity index (χ2v) is 8.63. The molecule has 0 atom stereocenters. The summed E-state index contributed by atoms with van der Waals surface area (Å²) in [5.74, 6) is -0.638. The summed E-state index contributed by atoms with van der Waals surface area (Å²) in [6.07, 6.45) is 1.41. The van der Waals surface area contributed by atoms with Crippen LogP contribution in [-0.4, -0.2) is 36.7 Å². The van der Waals surface area contributed by atoms with Gasteiger partial charge in [0.15, 0.2) is 18.1 Å². The summed E-state index contributed by atoms with van der Waals surface area (Å²) in [5.41, 5.74) is 3.40. The van der Waals surface area contributed by atoms with Gasteiger partial charge in [-0.1, -0.05) is 0 Å². The Morgan fingerprint density at radius 2 is 1.86 bits per heavy atom. The van der Waals surface area contributed by atoms with Gasteiger partial charge in [0, 0.05) is 27.9 Å². The number of amides is 2. The van der Waals surface area contributed by atoms with Gasteiger partial charge < -0.3 is 14.8 Å². The van der Waals surface area contributed by atoms with Gasteiger partial charge in [0.25, 0.3) is 17.5 Å². The van der Waals surface area contributed by atoms with Crippen LogP contribution in [0.1, 0.15) is 15.2 Å². The number of fused-ring (bicyclic) bond motifs is 1. The second kappa shape index (κ2) is 11.3. The lowest BCUT2D eigenvalue weighted by molar-refractivity contribution is -0.384. The highest BCUT2D eigenvalue weighted by molar-refractivity contribution is 7.20. The van der Waals surface area contributed by atoms with Crippen LogP contribution in [0.5, 0.6) is 11.5 Å². The molecule has 0 aliphatic heterocycles. The van der Waals surface area contributed by atoms with E-state index in [4.69, 9.17) is 9.47 Å². The van der Waals surface area contributed by atoms with E-state index in [1.165, 1.54) is 61.1 Å². The molecule has 2 N–H and O–H groups in total. The third kappa shape index (κ3) is 6.44. The van der Waals surface area contributed by atoms with Gasteiger partial charge in [-0.25, -0.2) is 9.82 Å². The summed E-state index contributed by atoms with van der Waals surface area (Å²) in [6, 6.07) is 16.2. The monoisotopic (exact) mass is 522 g/mol. The Morgan fingerprint density at radius 1 is 1.08 bits per heavy atom. The number of benzene rings is 3. The number of ether oxygens (including phenoxy) is 2. The van der Waals surface area contributed by atoms with Gasteiger partial charge in [-0.05, 0) is 60.2 Å². The molecule has 0 radical (unpaired) electrons. The maximum atomic E-state index is 13.0. The number of hydrazone groups is 1. The summed E-state index contributed by atoms with van der Waals surface area (Å²) < 4.78 is 24.6. The fourth-order valence-corrected chi connectivity index (χ4v) is 4.17. The smallest absolute Gasteiger partial charge is 0.281 e. The average molecular weight is 523 g/mol. The third-order valence-electron chi connectivity index (χ3n) is 4.99. The van der Waals surface area contributed by atoms with E-state index in [0.29, 0.717) is 33.0 Å². The molecule has 0 aliphatic carbocycles. The van der Waals surface area contributed by atoms with Crippen LogP contribution >= 0.6 is 11.3 Å². The quantitative estimate of drug-likeness (QED) is 0.185. The predicted octanol–water partition coefficient (Wildman–Crippen LogP) is 4.74. The first-order valence-electron chi connectivity index (χ1n) is 10.7. The SMILES string of the molecule is COc1cc(/C=N\NC(=O)c2cc3cc([N+](=O)[O-])ccc3s2)ccc1OCC(=O)Nc1ccc(F)cc1. The molecule has 1 heterocycles. The number of non-ortho nitro benzene ring substituents is 1. The standard InChI is InChI=1S/C25H19FN4O6S/c1-35-21-10-15(2-8-20(21)36-14-24(31)28-18-5-3-17(26)4-6-18)13-27-29-25(32)23-12-16-11-19(30(33)34)7-9-22(16)37-23/h2-13H,14H2,1H3,(H,28,31)(H,29,32)/b27-13-. The highest BCUT2D eigenvalue weighted by atomic mass is 32.1. The summed E-state index contributed by atoms with van der Waals surface area (Å²) in [5, 5.41) is 18.1. The number of hydrogen-bond donors (Lipinski definition) is 2. The zero-order chi connectivity index (χ0) is 26.4. The topological polar surface area (TPSA) is 132 Å². The number of rotatable bonds is 9. The number of nitrogens with zero attached hydrogens (tertiary/aromatic N) is 2. The van der Waals surface area contributed by atoms with Gasteiger partial charge in [0.05, 0.1) is 23.1 Å². The molecule has 0 bridgehead atoms. The Kier molecular flexibility index (Phi) is 7.69. The highest BCUT2D eigenvalue weighted by Crippen LogP contribution is 2.29. The normalized spacial score (nSPS) is 10.9. The van der Waals surface area contributed by atoms with Crippen LogP contribution in [0, 0.1) is 15.9 Å². The van der Waals surface area contributed by atoms with E-state index in [1.807, 2.05) is 0 Å². The van der Waals surface area contributed by atoms with Gasteiger partial charge in [-0.15, -0.1) is 11.3 Å². The molecule has 10 nitrogen and oxygen atoms in total. The van der Waals surface area contributed by atoms with Gasteiger partial charge >= 0.3 is 0 Å². The zero-order valence-electron chi connectivity index (χ0n) is 19.3. The molecule has 12 heteroatoms. The average Bonchev–Trinajstić information content (AvgIpc) is 3.33. The van der Waals surface area contributed by atoms with Crippen LogP contribution in [0.25, 0.3) is 10.1 Å². The van der Waals surface area contributed by atoms with Crippen molar-refractivity contribution >= 4 is 50.8 Å². The van der Waals surface area contributed by atoms with E-state index < -0.39 is 22.6 Å². The van der Waals surface area contributed by atoms with Crippen molar-refractivity contribution in [2.75, 3.05) is 19.0 Å². The maximum Gasteiger partial charge on any atom is 0.281 e. The van der Waals surface area contributed by atoms with Gasteiger partial charge in [0.1, 0.15) is 5.82 Å². The largest absolute Gasteiger partial charge is 0.493 e. The Balaban J connectivity index is 1.34. The molecular weight excluding hydrogens is 503 g/mol. The Bertz CT molecular complexity index is 1500. The molecule has 4 rings (SSSR count). The minimum absolute atomic E-state index is 0.0508. The predicted molar refractivity (Wildman–Crippen MR) is 137 cm³/mol. The van der Waals surface area contributed by atoms with Crippen molar-refractivity contribution in [3.05, 3.63) is 93.1 Å². The first-order chi connectivity index (χ1) is 17.8. The van der Waals surface area contributed by atoms with Crippen LogP contribution in [0.15, 0.2) is 71.8 Å². The van der Waals surface area contributed by atoms with E-state index in [2.05, 4.69) is 15.8 Å². The van der Waals surface area contributed by atoms with Crippen molar-refractivity contribution in [1.29, 1.82) is 0 Å². The number of methoxy groups -OCH3 is 1. The number of hydrogen-bond acceptors (Lipinski definition) is 8. The van der Waals surface area contributed by atoms with Crippen LogP contribution in [0.4, 0.5) is 15.8 Å². The van der Waals surface area contributed by atoms with E-state index in [0.717, 1.165) is 4.70 Å². The maximum absolute atomic E-state index is 13.0. The van der Waals surface area contributed by atoms with Crippen LogP contribution < -0.4 is 20.2 Å². The summed E-state index contributed by atoms with van der Waals surface area (Å²) >= 11 is 1.19. The van der Waals surface area contributed by atoms with Gasteiger partial charge in [0.2, 0.25) is 0 Å². The van der Waals surface area contributed by atoms with Crippen molar-refractivity contribution in [2.45, 2.75) is 0 Å². The zero-order valence-corrected chi connectivity index (χ0v) is 20.1. The number of carbonyl (C=O) groups is 2. The molecule has 0 aliphatic rings. The van der Waals surface area contributed by atoms with Crippen molar-refractivity contribution in [1.82, 2.24) is 5.43 Å². The van der Waals surface area contributed by atoms with Crippen LogP contribution in [0.3, 0.4) is 0 Å². The van der Waals surface area contributed by atoms with Crippen molar-refractivity contribution < 1.29 is 28.4 Å². The lowest BCUT2D eigenvalue weighted by Crippen LogP contribution is -2.20. The number of thiophene rings is 1. The van der Waals surface area contributed by atoms with Crippen molar-refractivity contribution in [2.24, 2.45) is 5.10 Å². The first kappa shape index (κ1) is 25.3. The second-order valence-electron chi connectivity index (χ2n) is 7.54. The lowest BCUT2D eigenvalue weighted by Gasteiger charge is -2.11. The van der Waals surface area contributed by atoms with Crippen molar-refractivity contribution in [3.8, 4) is 11.5 Å². The van der Waals surface area contributed by atoms with Crippen molar-refractivity contribution in [3.63, 3.8) is 0 Å². The first-order valence-corrected chi connectivity index (χ1v) is 11.5. The fraction of sp³-hybridized carbons (Fsp3) is 0.0800. The van der Waals surface area contributed by atoms with Gasteiger partial charge in [-0.2, -0.15) is 5.10 Å². The summed E-state index contributed by atoms with van der Waals surface area (Å²) in [6.45, 7) is -0.296. The Labute approximate surface area is 213 Å². The van der Waals surface area contributed by atoms with E-state index in [-0.39, 0.29) is 12.3 Å². The van der Waals surface area contributed by atoms with Crippen LogP contribution in [0.2, 0.25) is 0 Å². The molecule has 0 saturated heterocycles. The van der Waals surface area contributed by atoms with Crippen LogP contribution in [-0.2, 0) is 4.79 Å². The fourth-order valence-electron chi connectivity index (χ4n) is 3.23. The molecule has 0 saturated carbocycles. The minimum Gasteiger partial charge on any atom is -0.493 e. The summed E-state index contributed by atoms with van der Waals surface area (Å²) in [4.78, 5) is 35.3. The van der Waals surface area contributed by atoms with Gasteiger partial charge in [-0.3, -0.25) is 19.7 Å². The molecule has 37 heavy (non-hydrogen) atoms. The van der Waals surface area contributed by atoms with E-state index in [1.54, 1.807) is 30.3 Å². The Morgan fingerprint density at radius 3 is 2.59 bits per heavy atom. The molecule has 3 aromatic carbocycles. The molecule has 0 unspecified atom stereocenters. The number of anilines is 1. The number of nitrogens with one attached hydrogen (secondary N) is 2. The number of halogens is 1. The molecule has 4 aromatic rings. The number of carbonyl (C=O) groups excluding carboxylic acids is 2. The minimum atomic E-state index is -0.492.